The number of hydrogen-bond acceptors (Lipinski definition) is 1. The van der Waals surface area contributed by atoms with Gasteiger partial charge in [0.2, 0.25) is 0 Å². The molecule has 1 nitrogen and oxygen atoms in total. The maximum atomic E-state index is 14.8. The predicted molar refractivity (Wildman–Crippen MR) is 180 cm³/mol. The van der Waals surface area contributed by atoms with Crippen LogP contribution in [0.5, 0.6) is 0 Å². The summed E-state index contributed by atoms with van der Waals surface area (Å²) in [6.45, 7) is 28.5. The van der Waals surface area contributed by atoms with Gasteiger partial charge in [-0.1, -0.05) is 108 Å². The Bertz CT molecular complexity index is 1210. The average molecular weight is 576 g/mol. The summed E-state index contributed by atoms with van der Waals surface area (Å²) in [4.78, 5) is 0. The molecule has 0 saturated heterocycles. The van der Waals surface area contributed by atoms with Crippen LogP contribution in [0.2, 0.25) is 0 Å². The first-order valence-electron chi connectivity index (χ1n) is 15.4. The number of halogens is 2. The molecule has 3 atom stereocenters. The van der Waals surface area contributed by atoms with Crippen molar-refractivity contribution in [2.24, 2.45) is 22.5 Å². The molecular weight excluding hydrogens is 520 g/mol. The van der Waals surface area contributed by atoms with Gasteiger partial charge in [0, 0.05) is 5.41 Å². The Labute approximate surface area is 256 Å². The van der Waals surface area contributed by atoms with Gasteiger partial charge in [0.1, 0.15) is 11.6 Å². The van der Waals surface area contributed by atoms with Crippen molar-refractivity contribution in [3.05, 3.63) is 132 Å². The molecule has 1 fully saturated rings. The van der Waals surface area contributed by atoms with E-state index in [1.54, 1.807) is 23.8 Å². The van der Waals surface area contributed by atoms with Crippen LogP contribution in [0.4, 0.5) is 8.78 Å². The molecule has 2 N–H and O–H groups in total. The summed E-state index contributed by atoms with van der Waals surface area (Å²) >= 11 is 0. The standard InChI is InChI=1S/C28H37F.C7H7F.C2H5N.C2H6/c1-8-22-18-27(7)24(17-20(22)5)14-16-28(27,9-2)15-13-23-11-10-12-25(29)26(23)21(6)19(3)4;1-6-2-4-7(8)5-3-6;1-2-3;1-2/h8-12,17,19,21H,1-2,13-16,18H2,3-7H3;2-5H,1H3;2H,1,3H2;1-2H3. The highest BCUT2D eigenvalue weighted by Gasteiger charge is 2.53. The number of allylic oxidation sites excluding steroid dienone is 6. The third kappa shape index (κ3) is 8.66. The van der Waals surface area contributed by atoms with Crippen molar-refractivity contribution >= 4 is 0 Å². The summed E-state index contributed by atoms with van der Waals surface area (Å²) in [5.74, 6) is 0.405. The number of rotatable bonds is 7. The van der Waals surface area contributed by atoms with Gasteiger partial charge in [-0.2, -0.15) is 0 Å². The first-order chi connectivity index (χ1) is 19.9. The molecule has 0 radical (unpaired) electrons. The molecule has 3 heteroatoms. The summed E-state index contributed by atoms with van der Waals surface area (Å²) in [5.41, 5.74) is 12.1. The second-order valence-electron chi connectivity index (χ2n) is 11.8. The van der Waals surface area contributed by atoms with E-state index in [1.807, 2.05) is 32.9 Å². The Morgan fingerprint density at radius 3 is 2.07 bits per heavy atom. The minimum Gasteiger partial charge on any atom is -0.405 e. The first-order valence-corrected chi connectivity index (χ1v) is 15.4. The molecule has 0 spiro atoms. The summed E-state index contributed by atoms with van der Waals surface area (Å²) in [5, 5.41) is 0. The zero-order valence-corrected chi connectivity index (χ0v) is 27.5. The molecule has 0 amide bonds. The molecule has 0 aromatic heterocycles. The zero-order chi connectivity index (χ0) is 32.1. The quantitative estimate of drug-likeness (QED) is 0.327. The Kier molecular flexibility index (Phi) is 14.9. The highest BCUT2D eigenvalue weighted by molar-refractivity contribution is 5.45. The van der Waals surface area contributed by atoms with Crippen molar-refractivity contribution in [3.8, 4) is 0 Å². The normalized spacial score (nSPS) is 21.3. The second-order valence-corrected chi connectivity index (χ2v) is 11.8. The van der Waals surface area contributed by atoms with Gasteiger partial charge in [-0.05, 0) is 110 Å². The van der Waals surface area contributed by atoms with E-state index in [0.29, 0.717) is 5.92 Å². The molecule has 4 rings (SSSR count). The highest BCUT2D eigenvalue weighted by atomic mass is 19.1. The van der Waals surface area contributed by atoms with E-state index >= 15 is 0 Å². The molecule has 0 bridgehead atoms. The van der Waals surface area contributed by atoms with Crippen molar-refractivity contribution in [2.45, 2.75) is 93.4 Å². The molecule has 2 aromatic rings. The topological polar surface area (TPSA) is 26.0 Å². The van der Waals surface area contributed by atoms with Gasteiger partial charge in [0.05, 0.1) is 0 Å². The van der Waals surface area contributed by atoms with Crippen LogP contribution in [-0.4, -0.2) is 0 Å². The summed E-state index contributed by atoms with van der Waals surface area (Å²) in [7, 11) is 0. The lowest BCUT2D eigenvalue weighted by molar-refractivity contribution is 0.163. The smallest absolute Gasteiger partial charge is 0.126 e. The molecule has 42 heavy (non-hydrogen) atoms. The van der Waals surface area contributed by atoms with E-state index < -0.39 is 0 Å². The largest absolute Gasteiger partial charge is 0.405 e. The van der Waals surface area contributed by atoms with Crippen molar-refractivity contribution in [1.82, 2.24) is 0 Å². The first kappa shape index (κ1) is 36.8. The van der Waals surface area contributed by atoms with Crippen molar-refractivity contribution < 1.29 is 8.78 Å². The lowest BCUT2D eigenvalue weighted by atomic mass is 9.58. The molecule has 230 valence electrons. The maximum Gasteiger partial charge on any atom is 0.126 e. The number of aryl methyl sites for hydroxylation is 2. The average Bonchev–Trinajstić information content (AvgIpc) is 3.25. The van der Waals surface area contributed by atoms with E-state index in [9.17, 15) is 8.78 Å². The van der Waals surface area contributed by atoms with E-state index in [4.69, 9.17) is 0 Å². The lowest BCUT2D eigenvalue weighted by Gasteiger charge is -2.45. The SMILES string of the molecule is C=CC1=C(C)C=C2CCC(C=C)(CCc3cccc(F)c3C(C)C(C)C)C2(C)C1.C=CN.CC.Cc1ccc(F)cc1. The van der Waals surface area contributed by atoms with Crippen LogP contribution in [0.3, 0.4) is 0 Å². The summed E-state index contributed by atoms with van der Waals surface area (Å²) in [6.07, 6.45) is 13.1. The van der Waals surface area contributed by atoms with Crippen molar-refractivity contribution in [2.75, 3.05) is 0 Å². The Hall–Kier alpha value is -3.20. The third-order valence-corrected chi connectivity index (χ3v) is 9.18. The zero-order valence-electron chi connectivity index (χ0n) is 27.5. The fraction of sp³-hybridized carbons (Fsp3) is 0.436. The van der Waals surface area contributed by atoms with E-state index in [1.165, 1.54) is 35.0 Å². The predicted octanol–water partition coefficient (Wildman–Crippen LogP) is 11.6. The Morgan fingerprint density at radius 1 is 0.976 bits per heavy atom. The molecular formula is C39H55F2N. The van der Waals surface area contributed by atoms with Crippen LogP contribution in [0.15, 0.2) is 103 Å². The minimum atomic E-state index is -0.171. The van der Waals surface area contributed by atoms with Crippen LogP contribution >= 0.6 is 0 Å². The molecule has 2 aromatic carbocycles. The van der Waals surface area contributed by atoms with Crippen LogP contribution in [0.1, 0.15) is 96.8 Å². The van der Waals surface area contributed by atoms with Gasteiger partial charge >= 0.3 is 0 Å². The third-order valence-electron chi connectivity index (χ3n) is 9.18. The van der Waals surface area contributed by atoms with E-state index in [-0.39, 0.29) is 28.4 Å². The van der Waals surface area contributed by atoms with Crippen LogP contribution in [0, 0.1) is 35.3 Å². The van der Waals surface area contributed by atoms with Gasteiger partial charge in [-0.25, -0.2) is 8.78 Å². The van der Waals surface area contributed by atoms with Gasteiger partial charge in [0.25, 0.3) is 0 Å². The molecule has 0 aliphatic heterocycles. The molecule has 3 unspecified atom stereocenters. The van der Waals surface area contributed by atoms with Gasteiger partial charge < -0.3 is 5.73 Å². The summed E-state index contributed by atoms with van der Waals surface area (Å²) < 4.78 is 26.9. The number of hydrogen-bond donors (Lipinski definition) is 1. The van der Waals surface area contributed by atoms with Crippen molar-refractivity contribution in [3.63, 3.8) is 0 Å². The summed E-state index contributed by atoms with van der Waals surface area (Å²) in [6, 6.07) is 12.0. The number of fused-ring (bicyclic) bond motifs is 1. The van der Waals surface area contributed by atoms with Gasteiger partial charge in [0.15, 0.2) is 0 Å². The number of nitrogens with two attached hydrogens (primary N) is 1. The molecule has 0 heterocycles. The highest BCUT2D eigenvalue weighted by Crippen LogP contribution is 2.63. The fourth-order valence-corrected chi connectivity index (χ4v) is 6.22. The maximum absolute atomic E-state index is 14.8. The van der Waals surface area contributed by atoms with E-state index in [2.05, 4.69) is 78.3 Å². The molecule has 1 saturated carbocycles. The van der Waals surface area contributed by atoms with Gasteiger partial charge in [-0.15, -0.1) is 6.58 Å². The van der Waals surface area contributed by atoms with Crippen LogP contribution < -0.4 is 5.73 Å². The molecule has 2 aliphatic carbocycles. The minimum absolute atomic E-state index is 0.0401. The van der Waals surface area contributed by atoms with E-state index in [0.717, 1.165) is 43.2 Å². The second kappa shape index (κ2) is 17.0. The van der Waals surface area contributed by atoms with Gasteiger partial charge in [-0.3, -0.25) is 0 Å². The monoisotopic (exact) mass is 575 g/mol. The lowest BCUT2D eigenvalue weighted by Crippen LogP contribution is -2.36. The van der Waals surface area contributed by atoms with Crippen LogP contribution in [-0.2, 0) is 6.42 Å². The van der Waals surface area contributed by atoms with Crippen LogP contribution in [0.25, 0.3) is 0 Å². The van der Waals surface area contributed by atoms with Crippen molar-refractivity contribution in [1.29, 1.82) is 0 Å². The molecule has 2 aliphatic rings. The Balaban J connectivity index is 0.000000566. The number of benzene rings is 2. The Morgan fingerprint density at radius 2 is 1.57 bits per heavy atom. The fourth-order valence-electron chi connectivity index (χ4n) is 6.22.